The molecule has 4 rings (SSSR count). The molecule has 0 radical (unpaired) electrons. The van der Waals surface area contributed by atoms with Gasteiger partial charge in [-0.25, -0.2) is 0 Å². The Labute approximate surface area is 123 Å². The molecule has 0 bridgehead atoms. The van der Waals surface area contributed by atoms with Gasteiger partial charge in [0.25, 0.3) is 0 Å². The van der Waals surface area contributed by atoms with Crippen LogP contribution in [0.15, 0.2) is 53.6 Å². The van der Waals surface area contributed by atoms with E-state index in [4.69, 9.17) is 9.47 Å². The first kappa shape index (κ1) is 12.3. The molecule has 0 spiro atoms. The van der Waals surface area contributed by atoms with Gasteiger partial charge in [-0.15, -0.1) is 0 Å². The van der Waals surface area contributed by atoms with Crippen LogP contribution in [0.2, 0.25) is 0 Å². The van der Waals surface area contributed by atoms with Gasteiger partial charge in [-0.1, -0.05) is 36.4 Å². The van der Waals surface area contributed by atoms with Crippen molar-refractivity contribution in [1.29, 1.82) is 0 Å². The predicted octanol–water partition coefficient (Wildman–Crippen LogP) is 2.90. The van der Waals surface area contributed by atoms with E-state index in [2.05, 4.69) is 34.8 Å². The van der Waals surface area contributed by atoms with Crippen molar-refractivity contribution < 1.29 is 9.47 Å². The van der Waals surface area contributed by atoms with Crippen LogP contribution in [0, 0.1) is 0 Å². The monoisotopic (exact) mass is 280 g/mol. The average molecular weight is 280 g/mol. The van der Waals surface area contributed by atoms with Crippen molar-refractivity contribution in [1.82, 2.24) is 5.43 Å². The summed E-state index contributed by atoms with van der Waals surface area (Å²) in [5.41, 5.74) is 6.66. The number of nitrogens with one attached hydrogen (secondary N) is 1. The van der Waals surface area contributed by atoms with Crippen LogP contribution in [0.25, 0.3) is 0 Å². The number of fused-ring (bicyclic) bond motifs is 1. The van der Waals surface area contributed by atoms with E-state index in [0.29, 0.717) is 13.2 Å². The van der Waals surface area contributed by atoms with Crippen LogP contribution in [-0.4, -0.2) is 18.9 Å². The molecule has 0 fully saturated rings. The summed E-state index contributed by atoms with van der Waals surface area (Å²) in [5.74, 6) is 1.65. The zero-order valence-electron chi connectivity index (χ0n) is 11.6. The molecule has 106 valence electrons. The van der Waals surface area contributed by atoms with Crippen LogP contribution in [0.5, 0.6) is 11.5 Å². The summed E-state index contributed by atoms with van der Waals surface area (Å²) >= 11 is 0. The van der Waals surface area contributed by atoms with Gasteiger partial charge < -0.3 is 14.9 Å². The Balaban J connectivity index is 1.54. The number of ether oxygens (including phenoxy) is 2. The van der Waals surface area contributed by atoms with Crippen LogP contribution < -0.4 is 14.9 Å². The van der Waals surface area contributed by atoms with Gasteiger partial charge in [-0.3, -0.25) is 0 Å². The summed E-state index contributed by atoms with van der Waals surface area (Å²) in [5, 5.41) is 4.47. The summed E-state index contributed by atoms with van der Waals surface area (Å²) in [6.45, 7) is 1.23. The second-order valence-corrected chi connectivity index (χ2v) is 5.21. The van der Waals surface area contributed by atoms with Gasteiger partial charge in [0.05, 0.1) is 11.8 Å². The minimum atomic E-state index is 0.191. The number of hydrogen-bond acceptors (Lipinski definition) is 4. The maximum absolute atomic E-state index is 5.64. The molecular formula is C17H16N2O2. The molecule has 1 atom stereocenters. The Morgan fingerprint density at radius 3 is 2.62 bits per heavy atom. The lowest BCUT2D eigenvalue weighted by atomic mass is 9.99. The van der Waals surface area contributed by atoms with Crippen molar-refractivity contribution in [3.05, 3.63) is 59.7 Å². The second-order valence-electron chi connectivity index (χ2n) is 5.21. The Morgan fingerprint density at radius 2 is 1.76 bits per heavy atom. The second kappa shape index (κ2) is 5.13. The zero-order chi connectivity index (χ0) is 14.1. The van der Waals surface area contributed by atoms with E-state index in [-0.39, 0.29) is 6.04 Å². The number of nitrogens with zero attached hydrogens (tertiary/aromatic N) is 1. The fraction of sp³-hybridized carbons (Fsp3) is 0.235. The first-order valence-corrected chi connectivity index (χ1v) is 7.17. The third-order valence-corrected chi connectivity index (χ3v) is 3.83. The molecule has 2 aliphatic rings. The zero-order valence-corrected chi connectivity index (χ0v) is 11.6. The minimum absolute atomic E-state index is 0.191. The molecule has 0 aliphatic carbocycles. The van der Waals surface area contributed by atoms with Crippen LogP contribution in [-0.2, 0) is 0 Å². The largest absolute Gasteiger partial charge is 0.486 e. The molecule has 0 aromatic heterocycles. The lowest BCUT2D eigenvalue weighted by molar-refractivity contribution is 0.171. The van der Waals surface area contributed by atoms with Crippen molar-refractivity contribution in [2.75, 3.05) is 13.2 Å². The minimum Gasteiger partial charge on any atom is -0.486 e. The van der Waals surface area contributed by atoms with Gasteiger partial charge in [-0.05, 0) is 23.3 Å². The lowest BCUT2D eigenvalue weighted by Crippen LogP contribution is -2.16. The molecular weight excluding hydrogens is 264 g/mol. The Morgan fingerprint density at radius 1 is 0.952 bits per heavy atom. The van der Waals surface area contributed by atoms with Crippen molar-refractivity contribution >= 4 is 5.71 Å². The van der Waals surface area contributed by atoms with Gasteiger partial charge in [0.1, 0.15) is 13.2 Å². The van der Waals surface area contributed by atoms with Crippen LogP contribution in [0.1, 0.15) is 23.6 Å². The maximum atomic E-state index is 5.64. The van der Waals surface area contributed by atoms with Crippen LogP contribution in [0.4, 0.5) is 0 Å². The molecule has 0 amide bonds. The number of benzene rings is 2. The molecule has 2 aromatic carbocycles. The quantitative estimate of drug-likeness (QED) is 0.919. The van der Waals surface area contributed by atoms with Crippen molar-refractivity contribution in [2.24, 2.45) is 5.10 Å². The fourth-order valence-corrected chi connectivity index (χ4v) is 2.72. The summed E-state index contributed by atoms with van der Waals surface area (Å²) in [7, 11) is 0. The predicted molar refractivity (Wildman–Crippen MR) is 80.9 cm³/mol. The molecule has 21 heavy (non-hydrogen) atoms. The Bertz CT molecular complexity index is 682. The van der Waals surface area contributed by atoms with Crippen molar-refractivity contribution in [3.8, 4) is 11.5 Å². The molecule has 4 nitrogen and oxygen atoms in total. The van der Waals surface area contributed by atoms with E-state index in [1.165, 1.54) is 11.1 Å². The normalized spacial score (nSPS) is 19.8. The van der Waals surface area contributed by atoms with E-state index in [1.807, 2.05) is 24.3 Å². The highest BCUT2D eigenvalue weighted by Crippen LogP contribution is 2.34. The van der Waals surface area contributed by atoms with Gasteiger partial charge >= 0.3 is 0 Å². The molecule has 1 N–H and O–H groups in total. The molecule has 2 aromatic rings. The average Bonchev–Trinajstić information content (AvgIpc) is 3.05. The lowest BCUT2D eigenvalue weighted by Gasteiger charge is -2.20. The van der Waals surface area contributed by atoms with E-state index in [1.54, 1.807) is 0 Å². The Kier molecular flexibility index (Phi) is 2.99. The summed E-state index contributed by atoms with van der Waals surface area (Å²) in [4.78, 5) is 0. The molecule has 2 aliphatic heterocycles. The highest BCUT2D eigenvalue weighted by Gasteiger charge is 2.23. The molecule has 4 heteroatoms. The maximum Gasteiger partial charge on any atom is 0.161 e. The number of hydrogen-bond donors (Lipinski definition) is 1. The third-order valence-electron chi connectivity index (χ3n) is 3.83. The standard InChI is InChI=1S/C17H16N2O2/c1-2-4-12(5-3-1)14-11-15(19-18-14)13-6-7-16-17(10-13)21-9-8-20-16/h1-7,10,15,19H,8-9,11H2. The summed E-state index contributed by atoms with van der Waals surface area (Å²) in [6, 6.07) is 16.6. The van der Waals surface area contributed by atoms with Crippen molar-refractivity contribution in [2.45, 2.75) is 12.5 Å². The molecule has 0 saturated heterocycles. The van der Waals surface area contributed by atoms with E-state index in [9.17, 15) is 0 Å². The third kappa shape index (κ3) is 2.33. The van der Waals surface area contributed by atoms with Gasteiger partial charge in [-0.2, -0.15) is 5.10 Å². The molecule has 1 unspecified atom stereocenters. The van der Waals surface area contributed by atoms with Gasteiger partial charge in [0.15, 0.2) is 11.5 Å². The number of hydrazone groups is 1. The highest BCUT2D eigenvalue weighted by atomic mass is 16.6. The Hall–Kier alpha value is -2.49. The van der Waals surface area contributed by atoms with E-state index in [0.717, 1.165) is 23.6 Å². The topological polar surface area (TPSA) is 42.9 Å². The van der Waals surface area contributed by atoms with Crippen LogP contribution >= 0.6 is 0 Å². The van der Waals surface area contributed by atoms with E-state index < -0.39 is 0 Å². The molecule has 0 saturated carbocycles. The summed E-state index contributed by atoms with van der Waals surface area (Å²) in [6.07, 6.45) is 0.879. The highest BCUT2D eigenvalue weighted by molar-refractivity contribution is 6.01. The first-order chi connectivity index (χ1) is 10.4. The SMILES string of the molecule is c1ccc(C2=NNC(c3ccc4c(c3)OCCO4)C2)cc1. The molecule has 2 heterocycles. The van der Waals surface area contributed by atoms with Crippen molar-refractivity contribution in [3.63, 3.8) is 0 Å². The summed E-state index contributed by atoms with van der Waals surface area (Å²) < 4.78 is 11.2. The van der Waals surface area contributed by atoms with Crippen LogP contribution in [0.3, 0.4) is 0 Å². The van der Waals surface area contributed by atoms with Gasteiger partial charge in [0.2, 0.25) is 0 Å². The van der Waals surface area contributed by atoms with E-state index >= 15 is 0 Å². The number of rotatable bonds is 2. The first-order valence-electron chi connectivity index (χ1n) is 7.17. The fourth-order valence-electron chi connectivity index (χ4n) is 2.72. The van der Waals surface area contributed by atoms with Gasteiger partial charge in [0, 0.05) is 6.42 Å². The smallest absolute Gasteiger partial charge is 0.161 e.